The molecule has 204 valence electrons. The maximum atomic E-state index is 12.9. The standard InChI is InChI=1S/C31H30N4O5/c1-19-14-29(34-40-19)33-30(36)23-7-5-6-20-15-21(8-9-22(20)23)39-26-10-13-32-25-17-28(27(37-4)16-24(25)26)38-18-31(11-12-31)35(2)3/h5-10,13-17H,11-12,18H2,1-4H3,(H,33,34,36). The number of aromatic nitrogens is 2. The molecule has 0 spiro atoms. The van der Waals surface area contributed by atoms with Crippen LogP contribution in [-0.2, 0) is 0 Å². The molecular weight excluding hydrogens is 508 g/mol. The van der Waals surface area contributed by atoms with Crippen LogP contribution in [0.3, 0.4) is 0 Å². The highest BCUT2D eigenvalue weighted by Crippen LogP contribution is 2.42. The van der Waals surface area contributed by atoms with Crippen LogP contribution in [0.15, 0.2) is 71.4 Å². The quantitative estimate of drug-likeness (QED) is 0.236. The van der Waals surface area contributed by atoms with Crippen molar-refractivity contribution in [3.63, 3.8) is 0 Å². The highest BCUT2D eigenvalue weighted by Gasteiger charge is 2.45. The van der Waals surface area contributed by atoms with Crippen LogP contribution in [0.1, 0.15) is 29.0 Å². The molecule has 0 bridgehead atoms. The minimum Gasteiger partial charge on any atom is -0.493 e. The summed E-state index contributed by atoms with van der Waals surface area (Å²) in [5.41, 5.74) is 1.36. The van der Waals surface area contributed by atoms with Crippen LogP contribution in [0.25, 0.3) is 21.7 Å². The normalized spacial score (nSPS) is 13.9. The van der Waals surface area contributed by atoms with Gasteiger partial charge in [0.05, 0.1) is 18.2 Å². The van der Waals surface area contributed by atoms with Crippen LogP contribution in [0.2, 0.25) is 0 Å². The van der Waals surface area contributed by atoms with Gasteiger partial charge in [-0.2, -0.15) is 0 Å². The van der Waals surface area contributed by atoms with Gasteiger partial charge in [-0.25, -0.2) is 0 Å². The number of methoxy groups -OCH3 is 1. The number of amides is 1. The Morgan fingerprint density at radius 2 is 1.88 bits per heavy atom. The number of ether oxygens (including phenoxy) is 3. The van der Waals surface area contributed by atoms with E-state index < -0.39 is 0 Å². The van der Waals surface area contributed by atoms with Crippen molar-refractivity contribution in [2.75, 3.05) is 33.1 Å². The third-order valence-corrected chi connectivity index (χ3v) is 7.45. The number of hydrogen-bond acceptors (Lipinski definition) is 8. The van der Waals surface area contributed by atoms with Gasteiger partial charge in [-0.1, -0.05) is 17.3 Å². The fourth-order valence-electron chi connectivity index (χ4n) is 4.83. The van der Waals surface area contributed by atoms with E-state index in [2.05, 4.69) is 34.5 Å². The van der Waals surface area contributed by atoms with Crippen molar-refractivity contribution < 1.29 is 23.5 Å². The zero-order chi connectivity index (χ0) is 27.9. The topological polar surface area (TPSA) is 99.0 Å². The Morgan fingerprint density at radius 1 is 1.02 bits per heavy atom. The number of nitrogens with one attached hydrogen (secondary N) is 1. The van der Waals surface area contributed by atoms with Crippen LogP contribution in [0, 0.1) is 6.92 Å². The van der Waals surface area contributed by atoms with E-state index in [1.54, 1.807) is 32.4 Å². The minimum absolute atomic E-state index is 0.0875. The fraction of sp³-hybridized carbons (Fsp3) is 0.258. The summed E-state index contributed by atoms with van der Waals surface area (Å²) in [5.74, 6) is 3.27. The number of rotatable bonds is 9. The van der Waals surface area contributed by atoms with E-state index >= 15 is 0 Å². The maximum Gasteiger partial charge on any atom is 0.257 e. The highest BCUT2D eigenvalue weighted by molar-refractivity contribution is 6.12. The molecular formula is C31H30N4O5. The van der Waals surface area contributed by atoms with Gasteiger partial charge in [-0.05, 0) is 81.0 Å². The Morgan fingerprint density at radius 3 is 2.60 bits per heavy atom. The van der Waals surface area contributed by atoms with Crippen molar-refractivity contribution in [3.8, 4) is 23.0 Å². The Bertz CT molecular complexity index is 1720. The summed E-state index contributed by atoms with van der Waals surface area (Å²) < 4.78 is 23.3. The van der Waals surface area contributed by atoms with Crippen LogP contribution < -0.4 is 19.5 Å². The summed E-state index contributed by atoms with van der Waals surface area (Å²) in [6.07, 6.45) is 3.95. The average Bonchev–Trinajstić information content (AvgIpc) is 3.65. The smallest absolute Gasteiger partial charge is 0.257 e. The number of fused-ring (bicyclic) bond motifs is 2. The molecule has 0 saturated heterocycles. The Balaban J connectivity index is 1.26. The second kappa shape index (κ2) is 10.2. The molecule has 0 radical (unpaired) electrons. The predicted molar refractivity (Wildman–Crippen MR) is 153 cm³/mol. The number of hydrogen-bond donors (Lipinski definition) is 1. The Labute approximate surface area is 231 Å². The van der Waals surface area contributed by atoms with E-state index in [0.29, 0.717) is 46.7 Å². The number of nitrogens with zero attached hydrogens (tertiary/aromatic N) is 3. The molecule has 3 aromatic carbocycles. The molecule has 0 aliphatic heterocycles. The van der Waals surface area contributed by atoms with Crippen molar-refractivity contribution in [1.82, 2.24) is 15.0 Å². The number of carbonyl (C=O) groups excluding carboxylic acids is 1. The lowest BCUT2D eigenvalue weighted by atomic mass is 10.0. The van der Waals surface area contributed by atoms with Crippen molar-refractivity contribution in [2.45, 2.75) is 25.3 Å². The number of carbonyl (C=O) groups is 1. The Hall–Kier alpha value is -4.63. The first-order valence-electron chi connectivity index (χ1n) is 13.1. The zero-order valence-corrected chi connectivity index (χ0v) is 22.9. The van der Waals surface area contributed by atoms with Gasteiger partial charge in [0.2, 0.25) is 0 Å². The number of benzene rings is 3. The van der Waals surface area contributed by atoms with Crippen LogP contribution in [-0.4, -0.2) is 54.3 Å². The fourth-order valence-corrected chi connectivity index (χ4v) is 4.83. The molecule has 1 fully saturated rings. The molecule has 6 rings (SSSR count). The van der Waals surface area contributed by atoms with Gasteiger partial charge in [0.1, 0.15) is 23.9 Å². The van der Waals surface area contributed by atoms with E-state index in [-0.39, 0.29) is 11.4 Å². The summed E-state index contributed by atoms with van der Waals surface area (Å²) in [7, 11) is 5.80. The molecule has 9 heteroatoms. The van der Waals surface area contributed by atoms with Gasteiger partial charge in [0.25, 0.3) is 5.91 Å². The van der Waals surface area contributed by atoms with Crippen LogP contribution >= 0.6 is 0 Å². The van der Waals surface area contributed by atoms with Gasteiger partial charge in [-0.15, -0.1) is 0 Å². The summed E-state index contributed by atoms with van der Waals surface area (Å²) >= 11 is 0. The van der Waals surface area contributed by atoms with Gasteiger partial charge in [0.15, 0.2) is 17.3 Å². The van der Waals surface area contributed by atoms with Gasteiger partial charge < -0.3 is 29.0 Å². The second-order valence-corrected chi connectivity index (χ2v) is 10.3. The molecule has 2 heterocycles. The first-order valence-corrected chi connectivity index (χ1v) is 13.1. The van der Waals surface area contributed by atoms with Crippen molar-refractivity contribution in [1.29, 1.82) is 0 Å². The van der Waals surface area contributed by atoms with Gasteiger partial charge in [-0.3, -0.25) is 9.78 Å². The van der Waals surface area contributed by atoms with E-state index in [1.807, 2.05) is 48.5 Å². The molecule has 40 heavy (non-hydrogen) atoms. The van der Waals surface area contributed by atoms with E-state index in [9.17, 15) is 4.79 Å². The molecule has 0 unspecified atom stereocenters. The molecule has 1 aliphatic rings. The molecule has 5 aromatic rings. The summed E-state index contributed by atoms with van der Waals surface area (Å²) in [5, 5.41) is 9.08. The molecule has 1 amide bonds. The SMILES string of the molecule is COc1cc2c(Oc3ccc4c(C(=O)Nc5cc(C)on5)cccc4c3)ccnc2cc1OCC1(N(C)C)CC1. The monoisotopic (exact) mass is 538 g/mol. The summed E-state index contributed by atoms with van der Waals surface area (Å²) in [4.78, 5) is 19.7. The molecule has 2 aromatic heterocycles. The molecule has 1 aliphatic carbocycles. The van der Waals surface area contributed by atoms with Gasteiger partial charge in [0, 0.05) is 29.3 Å². The average molecular weight is 539 g/mol. The number of pyridine rings is 1. The predicted octanol–water partition coefficient (Wildman–Crippen LogP) is 6.21. The summed E-state index contributed by atoms with van der Waals surface area (Å²) in [6, 6.07) is 18.5. The minimum atomic E-state index is -0.268. The highest BCUT2D eigenvalue weighted by atomic mass is 16.5. The third kappa shape index (κ3) is 4.91. The summed E-state index contributed by atoms with van der Waals surface area (Å²) in [6.45, 7) is 2.36. The number of likely N-dealkylation sites (N-methyl/N-ethyl adjacent to an activating group) is 1. The lowest BCUT2D eigenvalue weighted by molar-refractivity contribution is 0.102. The van der Waals surface area contributed by atoms with Crippen LogP contribution in [0.4, 0.5) is 5.82 Å². The van der Waals surface area contributed by atoms with Crippen molar-refractivity contribution in [2.24, 2.45) is 0 Å². The third-order valence-electron chi connectivity index (χ3n) is 7.45. The van der Waals surface area contributed by atoms with E-state index in [1.165, 1.54) is 0 Å². The largest absolute Gasteiger partial charge is 0.493 e. The maximum absolute atomic E-state index is 12.9. The van der Waals surface area contributed by atoms with E-state index in [4.69, 9.17) is 18.7 Å². The lowest BCUT2D eigenvalue weighted by Gasteiger charge is -2.24. The second-order valence-electron chi connectivity index (χ2n) is 10.3. The first kappa shape index (κ1) is 25.6. The lowest BCUT2D eigenvalue weighted by Crippen LogP contribution is -2.35. The Kier molecular flexibility index (Phi) is 6.51. The van der Waals surface area contributed by atoms with Crippen molar-refractivity contribution >= 4 is 33.4 Å². The van der Waals surface area contributed by atoms with Gasteiger partial charge >= 0.3 is 0 Å². The van der Waals surface area contributed by atoms with E-state index in [0.717, 1.165) is 34.5 Å². The molecule has 1 N–H and O–H groups in total. The van der Waals surface area contributed by atoms with Crippen LogP contribution in [0.5, 0.6) is 23.0 Å². The first-order chi connectivity index (χ1) is 19.3. The zero-order valence-electron chi connectivity index (χ0n) is 22.9. The molecule has 1 saturated carbocycles. The number of aryl methyl sites for hydroxylation is 1. The van der Waals surface area contributed by atoms with Crippen molar-refractivity contribution in [3.05, 3.63) is 78.2 Å². The molecule has 0 atom stereocenters. The molecule has 9 nitrogen and oxygen atoms in total. The number of anilines is 1.